The fraction of sp³-hybridized carbons (Fsp3) is 0.0435. The molecule has 5 rings (SSSR count). The maximum Gasteiger partial charge on any atom is 0.221 e. The van der Waals surface area contributed by atoms with E-state index in [-0.39, 0.29) is 5.95 Å². The van der Waals surface area contributed by atoms with E-state index in [2.05, 4.69) is 32.7 Å². The first-order chi connectivity index (χ1) is 14.0. The number of halogens is 2. The molecule has 0 atom stereocenters. The van der Waals surface area contributed by atoms with Crippen LogP contribution in [0.1, 0.15) is 0 Å². The van der Waals surface area contributed by atoms with Crippen LogP contribution in [-0.4, -0.2) is 14.5 Å². The second kappa shape index (κ2) is 6.38. The summed E-state index contributed by atoms with van der Waals surface area (Å²) in [5.74, 6) is -1.77. The Morgan fingerprint density at radius 1 is 0.724 bits per heavy atom. The molecule has 6 heteroatoms. The SMILES string of the molecule is Cn1c2ccccc2c2cc(-c3cc(-c4ccc(F)c(F)c4)nc(N)n3)ccc21. The quantitative estimate of drug-likeness (QED) is 0.447. The summed E-state index contributed by atoms with van der Waals surface area (Å²) in [5.41, 5.74) is 10.5. The number of benzene rings is 3. The molecule has 0 aliphatic rings. The van der Waals surface area contributed by atoms with E-state index in [1.807, 2.05) is 31.3 Å². The minimum Gasteiger partial charge on any atom is -0.368 e. The summed E-state index contributed by atoms with van der Waals surface area (Å²) in [6.45, 7) is 0. The summed E-state index contributed by atoms with van der Waals surface area (Å²) in [6.07, 6.45) is 0. The van der Waals surface area contributed by atoms with Gasteiger partial charge in [-0.1, -0.05) is 24.3 Å². The number of aromatic nitrogens is 3. The lowest BCUT2D eigenvalue weighted by atomic mass is 10.0. The first-order valence-electron chi connectivity index (χ1n) is 9.09. The molecule has 0 amide bonds. The van der Waals surface area contributed by atoms with Crippen LogP contribution in [0.5, 0.6) is 0 Å². The second-order valence-electron chi connectivity index (χ2n) is 6.93. The van der Waals surface area contributed by atoms with Crippen molar-refractivity contribution >= 4 is 27.8 Å². The lowest BCUT2D eigenvalue weighted by Gasteiger charge is -2.07. The van der Waals surface area contributed by atoms with E-state index in [1.54, 1.807) is 6.07 Å². The summed E-state index contributed by atoms with van der Waals surface area (Å²) < 4.78 is 29.1. The van der Waals surface area contributed by atoms with Gasteiger partial charge in [0.25, 0.3) is 0 Å². The van der Waals surface area contributed by atoms with Gasteiger partial charge in [-0.3, -0.25) is 0 Å². The molecule has 0 fully saturated rings. The van der Waals surface area contributed by atoms with Crippen LogP contribution in [-0.2, 0) is 7.05 Å². The van der Waals surface area contributed by atoms with Crippen LogP contribution in [0.25, 0.3) is 44.3 Å². The van der Waals surface area contributed by atoms with Crippen molar-refractivity contribution in [3.63, 3.8) is 0 Å². The minimum atomic E-state index is -0.932. The van der Waals surface area contributed by atoms with E-state index >= 15 is 0 Å². The van der Waals surface area contributed by atoms with Crippen LogP contribution < -0.4 is 5.73 Å². The first-order valence-corrected chi connectivity index (χ1v) is 9.09. The fourth-order valence-electron chi connectivity index (χ4n) is 3.74. The maximum absolute atomic E-state index is 13.7. The normalized spacial score (nSPS) is 11.4. The summed E-state index contributed by atoms with van der Waals surface area (Å²) in [7, 11) is 2.04. The summed E-state index contributed by atoms with van der Waals surface area (Å²) in [4.78, 5) is 8.55. The Labute approximate surface area is 165 Å². The molecule has 3 aromatic carbocycles. The first kappa shape index (κ1) is 17.3. The number of nitrogens with two attached hydrogens (primary N) is 1. The zero-order valence-corrected chi connectivity index (χ0v) is 15.5. The maximum atomic E-state index is 13.7. The highest BCUT2D eigenvalue weighted by molar-refractivity contribution is 6.09. The number of nitrogens with zero attached hydrogens (tertiary/aromatic N) is 3. The monoisotopic (exact) mass is 386 g/mol. The highest BCUT2D eigenvalue weighted by Crippen LogP contribution is 2.32. The van der Waals surface area contributed by atoms with Gasteiger partial charge >= 0.3 is 0 Å². The number of aryl methyl sites for hydroxylation is 1. The van der Waals surface area contributed by atoms with Crippen LogP contribution in [0.15, 0.2) is 66.7 Å². The van der Waals surface area contributed by atoms with E-state index in [0.29, 0.717) is 17.0 Å². The van der Waals surface area contributed by atoms with Crippen molar-refractivity contribution in [3.05, 3.63) is 78.4 Å². The van der Waals surface area contributed by atoms with Gasteiger partial charge in [0.15, 0.2) is 11.6 Å². The number of fused-ring (bicyclic) bond motifs is 3. The largest absolute Gasteiger partial charge is 0.368 e. The van der Waals surface area contributed by atoms with Crippen LogP contribution in [0.4, 0.5) is 14.7 Å². The topological polar surface area (TPSA) is 56.7 Å². The second-order valence-corrected chi connectivity index (χ2v) is 6.93. The summed E-state index contributed by atoms with van der Waals surface area (Å²) in [6, 6.07) is 19.7. The van der Waals surface area contributed by atoms with Gasteiger partial charge in [0.1, 0.15) is 0 Å². The van der Waals surface area contributed by atoms with Gasteiger partial charge in [0.2, 0.25) is 5.95 Å². The highest BCUT2D eigenvalue weighted by atomic mass is 19.2. The van der Waals surface area contributed by atoms with Gasteiger partial charge < -0.3 is 10.3 Å². The molecule has 2 N–H and O–H groups in total. The van der Waals surface area contributed by atoms with Crippen molar-refractivity contribution in [3.8, 4) is 22.5 Å². The molecule has 0 aliphatic heterocycles. The van der Waals surface area contributed by atoms with Crippen LogP contribution in [0, 0.1) is 11.6 Å². The van der Waals surface area contributed by atoms with Gasteiger partial charge in [-0.05, 0) is 42.5 Å². The molecular formula is C23H16F2N4. The molecule has 5 aromatic rings. The van der Waals surface area contributed by atoms with Crippen molar-refractivity contribution in [2.45, 2.75) is 0 Å². The van der Waals surface area contributed by atoms with E-state index in [0.717, 1.165) is 39.5 Å². The third-order valence-electron chi connectivity index (χ3n) is 5.17. The van der Waals surface area contributed by atoms with Gasteiger partial charge in [0, 0.05) is 40.0 Å². The number of rotatable bonds is 2. The summed E-state index contributed by atoms with van der Waals surface area (Å²) in [5, 5.41) is 2.25. The Balaban J connectivity index is 1.69. The average molecular weight is 386 g/mol. The Morgan fingerprint density at radius 2 is 1.38 bits per heavy atom. The third kappa shape index (κ3) is 2.81. The molecule has 0 saturated carbocycles. The molecular weight excluding hydrogens is 370 g/mol. The number of hydrogen-bond donors (Lipinski definition) is 1. The van der Waals surface area contributed by atoms with Gasteiger partial charge in [-0.15, -0.1) is 0 Å². The van der Waals surface area contributed by atoms with Gasteiger partial charge in [-0.2, -0.15) is 0 Å². The number of nitrogen functional groups attached to an aromatic ring is 1. The van der Waals surface area contributed by atoms with E-state index < -0.39 is 11.6 Å². The zero-order valence-electron chi connectivity index (χ0n) is 15.5. The number of para-hydroxylation sites is 1. The minimum absolute atomic E-state index is 0.0697. The molecule has 2 aromatic heterocycles. The predicted octanol–water partition coefficient (Wildman–Crippen LogP) is 5.32. The molecule has 2 heterocycles. The third-order valence-corrected chi connectivity index (χ3v) is 5.17. The molecule has 0 radical (unpaired) electrons. The molecule has 0 saturated heterocycles. The van der Waals surface area contributed by atoms with Gasteiger partial charge in [0.05, 0.1) is 11.4 Å². The fourth-order valence-corrected chi connectivity index (χ4v) is 3.74. The Morgan fingerprint density at radius 3 is 2.14 bits per heavy atom. The molecule has 29 heavy (non-hydrogen) atoms. The average Bonchev–Trinajstić information content (AvgIpc) is 3.02. The van der Waals surface area contributed by atoms with Crippen LogP contribution in [0.3, 0.4) is 0 Å². The van der Waals surface area contributed by atoms with Crippen molar-refractivity contribution in [2.75, 3.05) is 5.73 Å². The predicted molar refractivity (Wildman–Crippen MR) is 111 cm³/mol. The van der Waals surface area contributed by atoms with E-state index in [9.17, 15) is 8.78 Å². The lowest BCUT2D eigenvalue weighted by Crippen LogP contribution is -1.99. The van der Waals surface area contributed by atoms with Crippen LogP contribution in [0.2, 0.25) is 0 Å². The lowest BCUT2D eigenvalue weighted by molar-refractivity contribution is 0.509. The molecule has 142 valence electrons. The zero-order chi connectivity index (χ0) is 20.1. The van der Waals surface area contributed by atoms with Crippen molar-refractivity contribution in [1.29, 1.82) is 0 Å². The Bertz CT molecular complexity index is 1410. The van der Waals surface area contributed by atoms with E-state index in [4.69, 9.17) is 5.73 Å². The van der Waals surface area contributed by atoms with Crippen molar-refractivity contribution in [2.24, 2.45) is 7.05 Å². The Kier molecular flexibility index (Phi) is 3.81. The molecule has 0 unspecified atom stereocenters. The molecule has 0 bridgehead atoms. The van der Waals surface area contributed by atoms with Gasteiger partial charge in [-0.25, -0.2) is 18.7 Å². The van der Waals surface area contributed by atoms with Crippen molar-refractivity contribution in [1.82, 2.24) is 14.5 Å². The highest BCUT2D eigenvalue weighted by Gasteiger charge is 2.12. The molecule has 0 aliphatic carbocycles. The molecule has 0 spiro atoms. The standard InChI is InChI=1S/C23H16F2N4/c1-29-21-5-3-2-4-15(21)16-10-13(7-9-22(16)29)19-12-20(28-23(26)27-19)14-6-8-17(24)18(25)11-14/h2-12H,1H3,(H2,26,27,28). The smallest absolute Gasteiger partial charge is 0.221 e. The molecule has 4 nitrogen and oxygen atoms in total. The Hall–Kier alpha value is -3.80. The number of hydrogen-bond acceptors (Lipinski definition) is 3. The summed E-state index contributed by atoms with van der Waals surface area (Å²) >= 11 is 0. The number of anilines is 1. The van der Waals surface area contributed by atoms with Crippen LogP contribution >= 0.6 is 0 Å². The van der Waals surface area contributed by atoms with Crippen molar-refractivity contribution < 1.29 is 8.78 Å². The van der Waals surface area contributed by atoms with E-state index in [1.165, 1.54) is 6.07 Å².